The second-order valence-electron chi connectivity index (χ2n) is 8.83. The number of carbonyl (C=O) groups is 1. The lowest BCUT2D eigenvalue weighted by atomic mass is 9.69. The number of halogens is 1. The minimum atomic E-state index is -1.11. The number of hydrogen-bond acceptors (Lipinski definition) is 7. The van der Waals surface area contributed by atoms with Crippen LogP contribution in [0.5, 0.6) is 5.88 Å². The summed E-state index contributed by atoms with van der Waals surface area (Å²) < 4.78 is 31.3. The number of alkyl carbamates (subject to hydrolysis) is 1. The summed E-state index contributed by atoms with van der Waals surface area (Å²) in [6, 6.07) is 3.33. The van der Waals surface area contributed by atoms with Gasteiger partial charge >= 0.3 is 6.09 Å². The molecule has 5 rings (SSSR count). The molecule has 174 valence electrons. The maximum atomic E-state index is 14.7. The van der Waals surface area contributed by atoms with Crippen LogP contribution in [0, 0.1) is 5.82 Å². The average molecular weight is 448 g/mol. The van der Waals surface area contributed by atoms with Gasteiger partial charge in [-0.1, -0.05) is 13.3 Å². The van der Waals surface area contributed by atoms with Crippen molar-refractivity contribution in [1.82, 2.24) is 15.3 Å². The number of rotatable bonds is 8. The van der Waals surface area contributed by atoms with Crippen LogP contribution < -0.4 is 10.1 Å². The van der Waals surface area contributed by atoms with Crippen LogP contribution in [0.25, 0.3) is 11.0 Å². The van der Waals surface area contributed by atoms with Gasteiger partial charge in [-0.2, -0.15) is 0 Å². The van der Waals surface area contributed by atoms with Gasteiger partial charge < -0.3 is 24.6 Å². The van der Waals surface area contributed by atoms with Gasteiger partial charge in [0.2, 0.25) is 5.88 Å². The topological polar surface area (TPSA) is 103 Å². The van der Waals surface area contributed by atoms with Crippen molar-refractivity contribution in [1.29, 1.82) is 0 Å². The first-order valence-electron chi connectivity index (χ1n) is 11.2. The lowest BCUT2D eigenvalue weighted by Gasteiger charge is -2.53. The summed E-state index contributed by atoms with van der Waals surface area (Å²) in [5.74, 6) is -0.288. The number of aromatic nitrogens is 2. The zero-order chi connectivity index (χ0) is 22.8. The van der Waals surface area contributed by atoms with Crippen molar-refractivity contribution in [2.75, 3.05) is 20.3 Å². The van der Waals surface area contributed by atoms with Crippen molar-refractivity contribution in [2.24, 2.45) is 0 Å². The van der Waals surface area contributed by atoms with Crippen LogP contribution >= 0.6 is 0 Å². The fourth-order valence-electron chi connectivity index (χ4n) is 4.68. The lowest BCUT2D eigenvalue weighted by molar-refractivity contribution is -0.174. The van der Waals surface area contributed by atoms with E-state index in [1.165, 1.54) is 7.11 Å². The fourth-order valence-corrected chi connectivity index (χ4v) is 4.68. The molecule has 1 amide bonds. The maximum absolute atomic E-state index is 14.7. The minimum absolute atomic E-state index is 0.104. The number of nitrogens with zero attached hydrogens (tertiary/aromatic N) is 2. The zero-order valence-electron chi connectivity index (χ0n) is 18.5. The molecule has 1 atom stereocenters. The molecule has 0 radical (unpaired) electrons. The van der Waals surface area contributed by atoms with Crippen LogP contribution in [0.3, 0.4) is 0 Å². The molecule has 2 bridgehead atoms. The molecule has 3 aliphatic rings. The van der Waals surface area contributed by atoms with Crippen LogP contribution in [0.2, 0.25) is 0 Å². The number of aliphatic hydroxyl groups excluding tert-OH is 1. The highest BCUT2D eigenvalue weighted by Gasteiger charge is 2.51. The number of aliphatic hydroxyl groups is 1. The number of unbranched alkanes of at least 4 members (excludes halogenated alkanes) is 1. The fraction of sp³-hybridized carbons (Fsp3) is 0.609. The summed E-state index contributed by atoms with van der Waals surface area (Å²) in [5, 5.41) is 14.0. The third-order valence-electron chi connectivity index (χ3n) is 6.66. The summed E-state index contributed by atoms with van der Waals surface area (Å²) >= 11 is 0. The zero-order valence-corrected chi connectivity index (χ0v) is 18.5. The van der Waals surface area contributed by atoms with E-state index in [1.807, 2.05) is 6.92 Å². The van der Waals surface area contributed by atoms with E-state index in [4.69, 9.17) is 14.2 Å². The van der Waals surface area contributed by atoms with E-state index in [0.717, 1.165) is 19.0 Å². The number of amides is 1. The van der Waals surface area contributed by atoms with Gasteiger partial charge in [0, 0.05) is 18.1 Å². The van der Waals surface area contributed by atoms with E-state index >= 15 is 0 Å². The van der Waals surface area contributed by atoms with Crippen LogP contribution in [0.15, 0.2) is 18.3 Å². The van der Waals surface area contributed by atoms with Gasteiger partial charge in [-0.25, -0.2) is 14.2 Å². The highest BCUT2D eigenvalue weighted by Crippen LogP contribution is 2.48. The van der Waals surface area contributed by atoms with E-state index < -0.39 is 29.2 Å². The highest BCUT2D eigenvalue weighted by atomic mass is 19.1. The number of methoxy groups -OCH3 is 1. The van der Waals surface area contributed by atoms with Crippen molar-refractivity contribution in [3.63, 3.8) is 0 Å². The third-order valence-corrected chi connectivity index (χ3v) is 6.66. The van der Waals surface area contributed by atoms with Crippen molar-refractivity contribution in [3.8, 4) is 5.88 Å². The molecule has 2 aromatic rings. The van der Waals surface area contributed by atoms with Gasteiger partial charge in [0.05, 0.1) is 49.3 Å². The second kappa shape index (κ2) is 9.15. The normalized spacial score (nSPS) is 25.5. The van der Waals surface area contributed by atoms with E-state index in [2.05, 4.69) is 15.3 Å². The van der Waals surface area contributed by atoms with Crippen molar-refractivity contribution in [3.05, 3.63) is 29.7 Å². The summed E-state index contributed by atoms with van der Waals surface area (Å²) in [7, 11) is 1.48. The van der Waals surface area contributed by atoms with Gasteiger partial charge in [0.15, 0.2) is 0 Å². The smallest absolute Gasteiger partial charge is 0.407 e. The first kappa shape index (κ1) is 22.7. The molecule has 1 unspecified atom stereocenters. The Labute approximate surface area is 186 Å². The highest BCUT2D eigenvalue weighted by molar-refractivity contribution is 5.78. The van der Waals surface area contributed by atoms with Gasteiger partial charge in [0.25, 0.3) is 0 Å². The predicted molar refractivity (Wildman–Crippen MR) is 115 cm³/mol. The molecule has 9 heteroatoms. The SMILES string of the molecule is CCCCOC(=O)NC12CCC(CC(O)c3c(F)cnc4ccc(OC)nc34)(CC1)OC2. The molecule has 0 aromatic carbocycles. The number of fused-ring (bicyclic) bond motifs is 4. The first-order chi connectivity index (χ1) is 15.4. The first-order valence-corrected chi connectivity index (χ1v) is 11.2. The van der Waals surface area contributed by atoms with Gasteiger partial charge in [0.1, 0.15) is 11.3 Å². The maximum Gasteiger partial charge on any atom is 0.407 e. The van der Waals surface area contributed by atoms with E-state index in [1.54, 1.807) is 12.1 Å². The third kappa shape index (κ3) is 4.49. The number of carbonyl (C=O) groups excluding carboxylic acids is 1. The molecule has 2 N–H and O–H groups in total. The Morgan fingerprint density at radius 1 is 1.34 bits per heavy atom. The van der Waals surface area contributed by atoms with Crippen molar-refractivity contribution in [2.45, 2.75) is 69.1 Å². The Balaban J connectivity index is 1.45. The molecule has 1 aliphatic carbocycles. The molecule has 32 heavy (non-hydrogen) atoms. The Bertz CT molecular complexity index is 961. The number of ether oxygens (including phenoxy) is 3. The Morgan fingerprint density at radius 3 is 2.78 bits per heavy atom. The van der Waals surface area contributed by atoms with Gasteiger partial charge in [-0.05, 0) is 38.2 Å². The molecule has 2 saturated heterocycles. The predicted octanol–water partition coefficient (Wildman–Crippen LogP) is 3.81. The largest absolute Gasteiger partial charge is 0.481 e. The lowest BCUT2D eigenvalue weighted by Crippen LogP contribution is -2.63. The molecule has 2 aromatic heterocycles. The van der Waals surface area contributed by atoms with E-state index in [0.29, 0.717) is 50.3 Å². The molecule has 1 saturated carbocycles. The van der Waals surface area contributed by atoms with Crippen LogP contribution in [-0.4, -0.2) is 52.6 Å². The number of pyridine rings is 2. The average Bonchev–Trinajstić information content (AvgIpc) is 2.79. The molecular weight excluding hydrogens is 417 g/mol. The van der Waals surface area contributed by atoms with E-state index in [9.17, 15) is 14.3 Å². The quantitative estimate of drug-likeness (QED) is 0.593. The summed E-state index contributed by atoms with van der Waals surface area (Å²) in [6.07, 6.45) is 4.34. The Hall–Kier alpha value is -2.52. The van der Waals surface area contributed by atoms with Gasteiger partial charge in [-0.3, -0.25) is 4.98 Å². The number of nitrogens with one attached hydrogen (secondary N) is 1. The Morgan fingerprint density at radius 2 is 2.12 bits per heavy atom. The van der Waals surface area contributed by atoms with E-state index in [-0.39, 0.29) is 17.5 Å². The Kier molecular flexibility index (Phi) is 6.48. The molecule has 2 aliphatic heterocycles. The van der Waals surface area contributed by atoms with Crippen LogP contribution in [-0.2, 0) is 9.47 Å². The molecule has 3 fully saturated rings. The minimum Gasteiger partial charge on any atom is -0.481 e. The van der Waals surface area contributed by atoms with Gasteiger partial charge in [-0.15, -0.1) is 0 Å². The second-order valence-corrected chi connectivity index (χ2v) is 8.83. The monoisotopic (exact) mass is 447 g/mol. The molecular formula is C23H30FN3O5. The van der Waals surface area contributed by atoms with Crippen molar-refractivity contribution >= 4 is 17.1 Å². The van der Waals surface area contributed by atoms with Crippen molar-refractivity contribution < 1.29 is 28.5 Å². The van der Waals surface area contributed by atoms with Crippen LogP contribution in [0.1, 0.15) is 63.5 Å². The summed E-state index contributed by atoms with van der Waals surface area (Å²) in [5.41, 5.74) is -0.149. The molecule has 0 spiro atoms. The number of hydrogen-bond donors (Lipinski definition) is 2. The summed E-state index contributed by atoms with van der Waals surface area (Å²) in [4.78, 5) is 20.5. The van der Waals surface area contributed by atoms with Crippen LogP contribution in [0.4, 0.5) is 9.18 Å². The summed E-state index contributed by atoms with van der Waals surface area (Å²) in [6.45, 7) is 2.78. The molecule has 8 nitrogen and oxygen atoms in total. The molecule has 4 heterocycles. The standard InChI is InChI=1S/C23H30FN3O5/c1-3-4-11-31-21(29)27-22-7-9-23(10-8-22,32-14-22)12-17(28)19-15(24)13-25-16-5-6-18(30-2)26-20(16)19/h5-6,13,17,28H,3-4,7-12,14H2,1-2H3,(H,27,29).